The summed E-state index contributed by atoms with van der Waals surface area (Å²) in [5.41, 5.74) is 0.194. The summed E-state index contributed by atoms with van der Waals surface area (Å²) in [6.07, 6.45) is -2.99. The molecule has 1 aliphatic rings. The van der Waals surface area contributed by atoms with Crippen molar-refractivity contribution in [2.75, 3.05) is 0 Å². The number of hydrogen-bond donors (Lipinski definition) is 0. The van der Waals surface area contributed by atoms with Crippen molar-refractivity contribution in [1.29, 1.82) is 0 Å². The molecule has 2 heterocycles. The van der Waals surface area contributed by atoms with Crippen LogP contribution in [0.2, 0.25) is 0 Å². The fourth-order valence-electron chi connectivity index (χ4n) is 2.10. The Hall–Kier alpha value is -2.83. The topological polar surface area (TPSA) is 51.8 Å². The number of hydrogen-bond acceptors (Lipinski definition) is 4. The van der Waals surface area contributed by atoms with E-state index >= 15 is 0 Å². The van der Waals surface area contributed by atoms with Crippen molar-refractivity contribution in [3.8, 4) is 11.3 Å². The normalized spacial score (nSPS) is 16.6. The molecule has 3 rings (SSSR count). The van der Waals surface area contributed by atoms with Crippen LogP contribution in [0, 0.1) is 0 Å². The Bertz CT molecular complexity index is 831. The maximum atomic E-state index is 12.7. The summed E-state index contributed by atoms with van der Waals surface area (Å²) in [6.45, 7) is 1.60. The largest absolute Gasteiger partial charge is 0.457 e. The van der Waals surface area contributed by atoms with E-state index in [1.165, 1.54) is 24.3 Å². The number of rotatable bonds is 2. The summed E-state index contributed by atoms with van der Waals surface area (Å²) < 4.78 is 43.7. The Morgan fingerprint density at radius 2 is 1.96 bits per heavy atom. The number of benzene rings is 1. The lowest BCUT2D eigenvalue weighted by molar-refractivity contribution is -0.138. The molecule has 0 fully saturated rings. The SMILES string of the molecule is CC1=NOC(=O)/C1=C\c1ccc(-c2cccc(C(F)(F)F)c2)o1. The first-order valence-corrected chi connectivity index (χ1v) is 6.60. The first-order valence-electron chi connectivity index (χ1n) is 6.60. The molecule has 7 heteroatoms. The summed E-state index contributed by atoms with van der Waals surface area (Å²) in [6, 6.07) is 7.91. The van der Waals surface area contributed by atoms with Gasteiger partial charge in [-0.15, -0.1) is 0 Å². The van der Waals surface area contributed by atoms with E-state index in [-0.39, 0.29) is 11.3 Å². The number of alkyl halides is 3. The number of halogens is 3. The van der Waals surface area contributed by atoms with E-state index in [1.807, 2.05) is 0 Å². The van der Waals surface area contributed by atoms with Gasteiger partial charge < -0.3 is 9.25 Å². The molecule has 118 valence electrons. The molecule has 0 N–H and O–H groups in total. The fourth-order valence-corrected chi connectivity index (χ4v) is 2.10. The van der Waals surface area contributed by atoms with Gasteiger partial charge in [-0.05, 0) is 37.3 Å². The standard InChI is InChI=1S/C16H10F3NO3/c1-9-13(15(21)23-20-9)8-12-5-6-14(22-12)10-3-2-4-11(7-10)16(17,18)19/h2-8H,1H3/b13-8-. The highest BCUT2D eigenvalue weighted by Crippen LogP contribution is 2.33. The van der Waals surface area contributed by atoms with E-state index < -0.39 is 17.7 Å². The van der Waals surface area contributed by atoms with Crippen LogP contribution in [0.15, 0.2) is 51.5 Å². The summed E-state index contributed by atoms with van der Waals surface area (Å²) in [5, 5.41) is 3.53. The second kappa shape index (κ2) is 5.42. The van der Waals surface area contributed by atoms with E-state index in [0.29, 0.717) is 17.0 Å². The lowest BCUT2D eigenvalue weighted by Gasteiger charge is -2.07. The highest BCUT2D eigenvalue weighted by molar-refractivity contribution is 6.24. The molecule has 4 nitrogen and oxygen atoms in total. The molecule has 0 atom stereocenters. The Labute approximate surface area is 128 Å². The van der Waals surface area contributed by atoms with Gasteiger partial charge in [-0.3, -0.25) is 0 Å². The Balaban J connectivity index is 1.93. The van der Waals surface area contributed by atoms with Gasteiger partial charge >= 0.3 is 12.1 Å². The van der Waals surface area contributed by atoms with Gasteiger partial charge in [0.05, 0.1) is 16.8 Å². The van der Waals surface area contributed by atoms with Gasteiger partial charge in [0.25, 0.3) is 0 Å². The zero-order chi connectivity index (χ0) is 16.6. The highest BCUT2D eigenvalue weighted by Gasteiger charge is 2.30. The molecule has 0 saturated carbocycles. The Morgan fingerprint density at radius 3 is 2.61 bits per heavy atom. The molecule has 0 spiro atoms. The van der Waals surface area contributed by atoms with Gasteiger partial charge in [-0.2, -0.15) is 13.2 Å². The third-order valence-corrected chi connectivity index (χ3v) is 3.26. The van der Waals surface area contributed by atoms with Crippen LogP contribution in [0.25, 0.3) is 17.4 Å². The molecule has 2 aromatic rings. The molecular weight excluding hydrogens is 311 g/mol. The average Bonchev–Trinajstić information content (AvgIpc) is 3.09. The number of nitrogens with zero attached hydrogens (tertiary/aromatic N) is 1. The first kappa shape index (κ1) is 15.1. The van der Waals surface area contributed by atoms with Crippen molar-refractivity contribution in [2.45, 2.75) is 13.1 Å². The van der Waals surface area contributed by atoms with Gasteiger partial charge in [-0.25, -0.2) is 4.79 Å². The molecule has 1 aromatic heterocycles. The molecule has 0 saturated heterocycles. The van der Waals surface area contributed by atoms with E-state index in [1.54, 1.807) is 13.0 Å². The van der Waals surface area contributed by atoms with Crippen LogP contribution in [-0.2, 0) is 15.8 Å². The summed E-state index contributed by atoms with van der Waals surface area (Å²) in [5.74, 6) is -0.00997. The Morgan fingerprint density at radius 1 is 1.17 bits per heavy atom. The van der Waals surface area contributed by atoms with Gasteiger partial charge in [0.15, 0.2) is 0 Å². The minimum absolute atomic E-state index is 0.245. The molecule has 0 radical (unpaired) electrons. The summed E-state index contributed by atoms with van der Waals surface area (Å²) >= 11 is 0. The third kappa shape index (κ3) is 3.03. The highest BCUT2D eigenvalue weighted by atomic mass is 19.4. The molecule has 1 aromatic carbocycles. The maximum absolute atomic E-state index is 12.7. The molecular formula is C16H10F3NO3. The number of carbonyl (C=O) groups is 1. The summed E-state index contributed by atoms with van der Waals surface area (Å²) in [4.78, 5) is 16.0. The predicted octanol–water partition coefficient (Wildman–Crippen LogP) is 4.28. The number of furan rings is 1. The fraction of sp³-hybridized carbons (Fsp3) is 0.125. The van der Waals surface area contributed by atoms with E-state index in [0.717, 1.165) is 12.1 Å². The predicted molar refractivity (Wildman–Crippen MR) is 76.3 cm³/mol. The summed E-state index contributed by atoms with van der Waals surface area (Å²) in [7, 11) is 0. The van der Waals surface area contributed by atoms with Crippen LogP contribution in [0.4, 0.5) is 13.2 Å². The van der Waals surface area contributed by atoms with Crippen molar-refractivity contribution in [3.05, 3.63) is 53.3 Å². The molecule has 23 heavy (non-hydrogen) atoms. The molecule has 1 aliphatic heterocycles. The Kier molecular flexibility index (Phi) is 3.55. The van der Waals surface area contributed by atoms with Crippen molar-refractivity contribution in [2.24, 2.45) is 5.16 Å². The maximum Gasteiger partial charge on any atom is 0.416 e. The van der Waals surface area contributed by atoms with Crippen LogP contribution in [-0.4, -0.2) is 11.7 Å². The molecule has 0 amide bonds. The van der Waals surface area contributed by atoms with E-state index in [2.05, 4.69) is 9.99 Å². The number of oxime groups is 1. The van der Waals surface area contributed by atoms with Crippen molar-refractivity contribution in [3.63, 3.8) is 0 Å². The van der Waals surface area contributed by atoms with Crippen LogP contribution in [0.5, 0.6) is 0 Å². The van der Waals surface area contributed by atoms with E-state index in [4.69, 9.17) is 4.42 Å². The molecule has 0 aliphatic carbocycles. The lowest BCUT2D eigenvalue weighted by atomic mass is 10.1. The van der Waals surface area contributed by atoms with Gasteiger partial charge in [0.1, 0.15) is 11.5 Å². The third-order valence-electron chi connectivity index (χ3n) is 3.26. The van der Waals surface area contributed by atoms with Gasteiger partial charge in [-0.1, -0.05) is 17.3 Å². The number of carbonyl (C=O) groups excluding carboxylic acids is 1. The van der Waals surface area contributed by atoms with Crippen molar-refractivity contribution < 1.29 is 27.2 Å². The molecule has 0 unspecified atom stereocenters. The zero-order valence-electron chi connectivity index (χ0n) is 11.8. The van der Waals surface area contributed by atoms with Crippen LogP contribution in [0.1, 0.15) is 18.2 Å². The van der Waals surface area contributed by atoms with Gasteiger partial charge in [0, 0.05) is 5.56 Å². The van der Waals surface area contributed by atoms with Gasteiger partial charge in [0.2, 0.25) is 0 Å². The van der Waals surface area contributed by atoms with Crippen LogP contribution in [0.3, 0.4) is 0 Å². The first-order chi connectivity index (χ1) is 10.8. The average molecular weight is 321 g/mol. The monoisotopic (exact) mass is 321 g/mol. The lowest BCUT2D eigenvalue weighted by Crippen LogP contribution is -2.04. The minimum Gasteiger partial charge on any atom is -0.457 e. The zero-order valence-corrected chi connectivity index (χ0v) is 11.8. The van der Waals surface area contributed by atoms with Crippen molar-refractivity contribution in [1.82, 2.24) is 0 Å². The van der Waals surface area contributed by atoms with Crippen LogP contribution < -0.4 is 0 Å². The molecule has 0 bridgehead atoms. The second-order valence-electron chi connectivity index (χ2n) is 4.89. The minimum atomic E-state index is -4.42. The second-order valence-corrected chi connectivity index (χ2v) is 4.89. The quantitative estimate of drug-likeness (QED) is 0.613. The van der Waals surface area contributed by atoms with E-state index in [9.17, 15) is 18.0 Å². The van der Waals surface area contributed by atoms with Crippen LogP contribution >= 0.6 is 0 Å². The van der Waals surface area contributed by atoms with Crippen molar-refractivity contribution >= 4 is 17.8 Å². The smallest absolute Gasteiger partial charge is 0.416 e.